The third-order valence-corrected chi connectivity index (χ3v) is 11.2. The molecule has 0 aliphatic rings. The molecule has 2 heteroatoms. The van der Waals surface area contributed by atoms with E-state index >= 15 is 0 Å². The van der Waals surface area contributed by atoms with Crippen molar-refractivity contribution in [2.75, 3.05) is 4.90 Å². The maximum atomic E-state index is 2.39. The highest BCUT2D eigenvalue weighted by Crippen LogP contribution is 2.42. The van der Waals surface area contributed by atoms with Gasteiger partial charge in [-0.1, -0.05) is 146 Å². The maximum Gasteiger partial charge on any atom is 0.0468 e. The lowest BCUT2D eigenvalue weighted by Gasteiger charge is -2.27. The molecule has 0 radical (unpaired) electrons. The van der Waals surface area contributed by atoms with Crippen LogP contribution < -0.4 is 4.90 Å². The number of anilines is 3. The summed E-state index contributed by atoms with van der Waals surface area (Å²) in [4.78, 5) is 2.39. The van der Waals surface area contributed by atoms with Crippen molar-refractivity contribution in [3.8, 4) is 22.3 Å². The normalized spacial score (nSPS) is 11.6. The fourth-order valence-corrected chi connectivity index (χ4v) is 8.80. The molecule has 1 heterocycles. The molecular weight excluding hydrogens is 623 g/mol. The number of rotatable bonds is 5. The van der Waals surface area contributed by atoms with Crippen molar-refractivity contribution in [1.82, 2.24) is 0 Å². The molecule has 10 aromatic rings. The van der Waals surface area contributed by atoms with Gasteiger partial charge in [-0.3, -0.25) is 0 Å². The van der Waals surface area contributed by atoms with Crippen LogP contribution in [0.5, 0.6) is 0 Å². The Morgan fingerprint density at radius 3 is 1.70 bits per heavy atom. The van der Waals surface area contributed by atoms with E-state index in [4.69, 9.17) is 0 Å². The number of benzene rings is 9. The Balaban J connectivity index is 1.09. The quantitative estimate of drug-likeness (QED) is 0.167. The minimum Gasteiger partial charge on any atom is -0.310 e. The first-order valence-corrected chi connectivity index (χ1v) is 17.9. The van der Waals surface area contributed by atoms with E-state index in [2.05, 4.69) is 193 Å². The van der Waals surface area contributed by atoms with Crippen LogP contribution in [0.15, 0.2) is 188 Å². The van der Waals surface area contributed by atoms with Crippen LogP contribution in [0.2, 0.25) is 0 Å². The molecule has 9 aromatic carbocycles. The first-order chi connectivity index (χ1) is 24.8. The van der Waals surface area contributed by atoms with E-state index < -0.39 is 0 Å². The molecule has 0 N–H and O–H groups in total. The Labute approximate surface area is 294 Å². The minimum atomic E-state index is 1.12. The van der Waals surface area contributed by atoms with Crippen LogP contribution in [0.4, 0.5) is 17.1 Å². The predicted octanol–water partition coefficient (Wildman–Crippen LogP) is 14.3. The summed E-state index contributed by atoms with van der Waals surface area (Å²) < 4.78 is 2.68. The standard InChI is InChI=1S/C48H31NS/c1-2-9-32(10-3-1)37-13-8-14-40(29-37)49(41-26-21-36-18-17-34-11-4-6-15-42(34)46(36)31-41)39-24-19-33(20-25-39)38-23-27-44-45-28-22-35-12-5-7-16-43(35)48(45)50-47(44)30-38/h1-31H. The molecule has 0 unspecified atom stereocenters. The van der Waals surface area contributed by atoms with Crippen molar-refractivity contribution in [3.05, 3.63) is 188 Å². The van der Waals surface area contributed by atoms with E-state index in [9.17, 15) is 0 Å². The van der Waals surface area contributed by atoms with Crippen LogP contribution in [-0.2, 0) is 0 Å². The first-order valence-electron chi connectivity index (χ1n) is 17.1. The highest BCUT2D eigenvalue weighted by Gasteiger charge is 2.16. The van der Waals surface area contributed by atoms with Crippen molar-refractivity contribution in [2.45, 2.75) is 0 Å². The fraction of sp³-hybridized carbons (Fsp3) is 0. The highest BCUT2D eigenvalue weighted by atomic mass is 32.1. The van der Waals surface area contributed by atoms with E-state index in [1.165, 1.54) is 74.7 Å². The van der Waals surface area contributed by atoms with Gasteiger partial charge in [0, 0.05) is 37.2 Å². The molecule has 234 valence electrons. The van der Waals surface area contributed by atoms with Crippen molar-refractivity contribution in [3.63, 3.8) is 0 Å². The third kappa shape index (κ3) is 4.84. The van der Waals surface area contributed by atoms with Crippen molar-refractivity contribution in [2.24, 2.45) is 0 Å². The summed E-state index contributed by atoms with van der Waals surface area (Å²) >= 11 is 1.90. The Morgan fingerprint density at radius 2 is 0.860 bits per heavy atom. The second-order valence-corrected chi connectivity index (χ2v) is 14.0. The molecule has 0 aliphatic heterocycles. The van der Waals surface area contributed by atoms with Crippen LogP contribution in [0.3, 0.4) is 0 Å². The Bertz CT molecular complexity index is 2870. The summed E-state index contributed by atoms with van der Waals surface area (Å²) in [6, 6.07) is 68.7. The lowest BCUT2D eigenvalue weighted by molar-refractivity contribution is 1.29. The lowest BCUT2D eigenvalue weighted by Crippen LogP contribution is -2.10. The Kier molecular flexibility index (Phi) is 6.75. The van der Waals surface area contributed by atoms with Crippen LogP contribution in [0.1, 0.15) is 0 Å². The molecule has 0 saturated heterocycles. The summed E-state index contributed by atoms with van der Waals surface area (Å²) in [5.41, 5.74) is 8.21. The zero-order valence-corrected chi connectivity index (χ0v) is 28.1. The van der Waals surface area contributed by atoms with E-state index in [-0.39, 0.29) is 0 Å². The molecule has 0 bridgehead atoms. The van der Waals surface area contributed by atoms with Crippen LogP contribution >= 0.6 is 11.3 Å². The summed E-state index contributed by atoms with van der Waals surface area (Å²) in [7, 11) is 0. The van der Waals surface area contributed by atoms with Crippen molar-refractivity contribution >= 4 is 80.9 Å². The van der Waals surface area contributed by atoms with Gasteiger partial charge >= 0.3 is 0 Å². The number of hydrogen-bond acceptors (Lipinski definition) is 2. The van der Waals surface area contributed by atoms with Crippen molar-refractivity contribution < 1.29 is 0 Å². The van der Waals surface area contributed by atoms with Gasteiger partial charge in [0.15, 0.2) is 0 Å². The van der Waals surface area contributed by atoms with Gasteiger partial charge in [-0.2, -0.15) is 0 Å². The Hall–Kier alpha value is -6.22. The highest BCUT2D eigenvalue weighted by molar-refractivity contribution is 7.26. The summed E-state index contributed by atoms with van der Waals surface area (Å²) in [5.74, 6) is 0. The molecule has 0 fully saturated rings. The zero-order valence-electron chi connectivity index (χ0n) is 27.3. The van der Waals surface area contributed by atoms with E-state index in [0.29, 0.717) is 0 Å². The van der Waals surface area contributed by atoms with Gasteiger partial charge in [-0.15, -0.1) is 11.3 Å². The average Bonchev–Trinajstić information content (AvgIpc) is 3.57. The average molecular weight is 654 g/mol. The zero-order chi connectivity index (χ0) is 33.0. The van der Waals surface area contributed by atoms with Gasteiger partial charge in [-0.05, 0) is 97.0 Å². The summed E-state index contributed by atoms with van der Waals surface area (Å²) in [6.45, 7) is 0. The molecule has 1 aromatic heterocycles. The number of nitrogens with zero attached hydrogens (tertiary/aromatic N) is 1. The van der Waals surface area contributed by atoms with E-state index in [1.807, 2.05) is 11.3 Å². The van der Waals surface area contributed by atoms with E-state index in [1.54, 1.807) is 0 Å². The van der Waals surface area contributed by atoms with Gasteiger partial charge in [0.2, 0.25) is 0 Å². The van der Waals surface area contributed by atoms with Crippen LogP contribution in [0.25, 0.3) is 74.7 Å². The van der Waals surface area contributed by atoms with Gasteiger partial charge in [0.1, 0.15) is 0 Å². The maximum absolute atomic E-state index is 2.39. The molecular formula is C48H31NS. The molecule has 0 amide bonds. The molecule has 1 nitrogen and oxygen atoms in total. The molecule has 50 heavy (non-hydrogen) atoms. The van der Waals surface area contributed by atoms with Gasteiger partial charge in [0.05, 0.1) is 0 Å². The number of hydrogen-bond donors (Lipinski definition) is 0. The topological polar surface area (TPSA) is 3.24 Å². The second-order valence-electron chi connectivity index (χ2n) is 13.0. The van der Waals surface area contributed by atoms with Crippen LogP contribution in [0, 0.1) is 0 Å². The SMILES string of the molecule is c1ccc(-c2cccc(N(c3ccc(-c4ccc5c(c4)sc4c6ccccc6ccc54)cc3)c3ccc4ccc5ccccc5c4c3)c2)cc1. The molecule has 0 saturated carbocycles. The van der Waals surface area contributed by atoms with Gasteiger partial charge in [-0.25, -0.2) is 0 Å². The van der Waals surface area contributed by atoms with Crippen LogP contribution in [-0.4, -0.2) is 0 Å². The van der Waals surface area contributed by atoms with Crippen molar-refractivity contribution in [1.29, 1.82) is 0 Å². The van der Waals surface area contributed by atoms with Gasteiger partial charge < -0.3 is 4.90 Å². The summed E-state index contributed by atoms with van der Waals surface area (Å²) in [5, 5.41) is 10.3. The molecule has 10 rings (SSSR count). The largest absolute Gasteiger partial charge is 0.310 e. The summed E-state index contributed by atoms with van der Waals surface area (Å²) in [6.07, 6.45) is 0. The van der Waals surface area contributed by atoms with Gasteiger partial charge in [0.25, 0.3) is 0 Å². The lowest BCUT2D eigenvalue weighted by atomic mass is 10.00. The monoisotopic (exact) mass is 653 g/mol. The molecule has 0 aliphatic carbocycles. The Morgan fingerprint density at radius 1 is 0.300 bits per heavy atom. The van der Waals surface area contributed by atoms with E-state index in [0.717, 1.165) is 17.1 Å². The first kappa shape index (κ1) is 28.8. The molecule has 0 spiro atoms. The molecule has 0 atom stereocenters. The smallest absolute Gasteiger partial charge is 0.0468 e. The number of fused-ring (bicyclic) bond motifs is 8. The predicted molar refractivity (Wildman–Crippen MR) is 217 cm³/mol. The fourth-order valence-electron chi connectivity index (χ4n) is 7.52. The number of thiophene rings is 1. The minimum absolute atomic E-state index is 1.12. The second kappa shape index (κ2) is 11.7. The third-order valence-electron chi connectivity index (χ3n) is 10.0.